The first kappa shape index (κ1) is 8.57. The van der Waals surface area contributed by atoms with Crippen LogP contribution in [0.5, 0.6) is 0 Å². The van der Waals surface area contributed by atoms with Crippen molar-refractivity contribution in [2.45, 2.75) is 12.5 Å². The zero-order chi connectivity index (χ0) is 9.26. The second-order valence-corrected chi connectivity index (χ2v) is 3.86. The fraction of sp³-hybridized carbons (Fsp3) is 0.455. The molecule has 0 saturated heterocycles. The summed E-state index contributed by atoms with van der Waals surface area (Å²) in [7, 11) is 4.28. The minimum Gasteiger partial charge on any atom is -0.383 e. The zero-order valence-corrected chi connectivity index (χ0v) is 8.25. The standard InChI is InChI=1S/C11H16N2/c1-13(2)10-7-9-5-3-4-6-11(9)12-8-10/h3-6,10,12H,7-8H2,1-2H3. The van der Waals surface area contributed by atoms with E-state index in [1.165, 1.54) is 11.3 Å². The molecule has 2 rings (SSSR count). The molecule has 2 nitrogen and oxygen atoms in total. The van der Waals surface area contributed by atoms with Gasteiger partial charge in [-0.1, -0.05) is 18.2 Å². The Kier molecular flexibility index (Phi) is 2.23. The maximum atomic E-state index is 3.45. The van der Waals surface area contributed by atoms with Crippen molar-refractivity contribution in [2.75, 3.05) is 26.0 Å². The molecule has 1 aromatic rings. The van der Waals surface area contributed by atoms with Crippen LogP contribution in [-0.2, 0) is 6.42 Å². The van der Waals surface area contributed by atoms with E-state index < -0.39 is 0 Å². The minimum atomic E-state index is 0.634. The van der Waals surface area contributed by atoms with Gasteiger partial charge in [-0.05, 0) is 32.1 Å². The molecule has 0 amide bonds. The summed E-state index contributed by atoms with van der Waals surface area (Å²) in [5, 5.41) is 3.45. The monoisotopic (exact) mass is 176 g/mol. The Morgan fingerprint density at radius 3 is 2.85 bits per heavy atom. The molecule has 0 spiro atoms. The predicted octanol–water partition coefficient (Wildman–Crippen LogP) is 1.58. The molecular weight excluding hydrogens is 160 g/mol. The summed E-state index contributed by atoms with van der Waals surface area (Å²) in [5.41, 5.74) is 2.74. The Labute approximate surface area is 79.6 Å². The highest BCUT2D eigenvalue weighted by Crippen LogP contribution is 2.22. The largest absolute Gasteiger partial charge is 0.383 e. The van der Waals surface area contributed by atoms with Crippen LogP contribution < -0.4 is 5.32 Å². The van der Waals surface area contributed by atoms with Gasteiger partial charge in [0.15, 0.2) is 0 Å². The van der Waals surface area contributed by atoms with Crippen LogP contribution in [0, 0.1) is 0 Å². The maximum absolute atomic E-state index is 3.45. The minimum absolute atomic E-state index is 0.634. The third kappa shape index (κ3) is 1.68. The van der Waals surface area contributed by atoms with Crippen LogP contribution in [0.1, 0.15) is 5.56 Å². The summed E-state index contributed by atoms with van der Waals surface area (Å²) in [6.07, 6.45) is 1.16. The average Bonchev–Trinajstić information content (AvgIpc) is 2.17. The molecule has 1 aromatic carbocycles. The average molecular weight is 176 g/mol. The van der Waals surface area contributed by atoms with Crippen molar-refractivity contribution in [3.63, 3.8) is 0 Å². The van der Waals surface area contributed by atoms with Gasteiger partial charge in [-0.3, -0.25) is 0 Å². The van der Waals surface area contributed by atoms with Gasteiger partial charge in [0, 0.05) is 18.3 Å². The molecular formula is C11H16N2. The molecule has 0 aromatic heterocycles. The van der Waals surface area contributed by atoms with E-state index in [1.807, 2.05) is 0 Å². The van der Waals surface area contributed by atoms with E-state index in [2.05, 4.69) is 48.6 Å². The predicted molar refractivity (Wildman–Crippen MR) is 56.1 cm³/mol. The van der Waals surface area contributed by atoms with Crippen molar-refractivity contribution in [2.24, 2.45) is 0 Å². The number of hydrogen-bond donors (Lipinski definition) is 1. The van der Waals surface area contributed by atoms with Crippen molar-refractivity contribution < 1.29 is 0 Å². The summed E-state index contributed by atoms with van der Waals surface area (Å²) >= 11 is 0. The van der Waals surface area contributed by atoms with Gasteiger partial charge < -0.3 is 10.2 Å². The highest BCUT2D eigenvalue weighted by molar-refractivity contribution is 5.53. The van der Waals surface area contributed by atoms with Gasteiger partial charge in [0.05, 0.1) is 0 Å². The van der Waals surface area contributed by atoms with Gasteiger partial charge in [-0.25, -0.2) is 0 Å². The summed E-state index contributed by atoms with van der Waals surface area (Å²) in [6, 6.07) is 9.19. The Balaban J connectivity index is 2.20. The van der Waals surface area contributed by atoms with Gasteiger partial charge in [0.2, 0.25) is 0 Å². The number of fused-ring (bicyclic) bond motifs is 1. The van der Waals surface area contributed by atoms with Crippen LogP contribution in [0.15, 0.2) is 24.3 Å². The Morgan fingerprint density at radius 2 is 2.08 bits per heavy atom. The first-order valence-electron chi connectivity index (χ1n) is 4.75. The number of nitrogens with one attached hydrogen (secondary N) is 1. The van der Waals surface area contributed by atoms with Crippen LogP contribution in [0.2, 0.25) is 0 Å². The summed E-state index contributed by atoms with van der Waals surface area (Å²) < 4.78 is 0. The topological polar surface area (TPSA) is 15.3 Å². The molecule has 0 saturated carbocycles. The molecule has 1 N–H and O–H groups in total. The fourth-order valence-corrected chi connectivity index (χ4v) is 1.79. The molecule has 1 atom stereocenters. The van der Waals surface area contributed by atoms with E-state index in [0.29, 0.717) is 6.04 Å². The second kappa shape index (κ2) is 3.38. The first-order valence-corrected chi connectivity index (χ1v) is 4.75. The van der Waals surface area contributed by atoms with E-state index in [4.69, 9.17) is 0 Å². The molecule has 0 aliphatic carbocycles. The molecule has 70 valence electrons. The molecule has 0 bridgehead atoms. The molecule has 1 unspecified atom stereocenters. The third-order valence-electron chi connectivity index (χ3n) is 2.73. The van der Waals surface area contributed by atoms with Crippen molar-refractivity contribution >= 4 is 5.69 Å². The number of para-hydroxylation sites is 1. The number of benzene rings is 1. The normalized spacial score (nSPS) is 21.0. The molecule has 2 heteroatoms. The molecule has 0 radical (unpaired) electrons. The van der Waals surface area contributed by atoms with E-state index >= 15 is 0 Å². The van der Waals surface area contributed by atoms with Crippen molar-refractivity contribution in [1.29, 1.82) is 0 Å². The molecule has 1 aliphatic rings. The highest BCUT2D eigenvalue weighted by atomic mass is 15.1. The quantitative estimate of drug-likeness (QED) is 0.699. The van der Waals surface area contributed by atoms with Gasteiger partial charge in [0.25, 0.3) is 0 Å². The number of nitrogens with zero attached hydrogens (tertiary/aromatic N) is 1. The lowest BCUT2D eigenvalue weighted by Crippen LogP contribution is -2.39. The highest BCUT2D eigenvalue weighted by Gasteiger charge is 2.18. The lowest BCUT2D eigenvalue weighted by Gasteiger charge is -2.30. The van der Waals surface area contributed by atoms with E-state index in [1.54, 1.807) is 0 Å². The van der Waals surface area contributed by atoms with E-state index in [0.717, 1.165) is 13.0 Å². The number of anilines is 1. The van der Waals surface area contributed by atoms with Crippen LogP contribution in [0.25, 0.3) is 0 Å². The Hall–Kier alpha value is -1.02. The number of rotatable bonds is 1. The zero-order valence-electron chi connectivity index (χ0n) is 8.25. The molecule has 0 fully saturated rings. The number of hydrogen-bond acceptors (Lipinski definition) is 2. The number of likely N-dealkylation sites (N-methyl/N-ethyl adjacent to an activating group) is 1. The van der Waals surface area contributed by atoms with Crippen molar-refractivity contribution in [3.05, 3.63) is 29.8 Å². The van der Waals surface area contributed by atoms with Crippen LogP contribution >= 0.6 is 0 Å². The first-order chi connectivity index (χ1) is 6.27. The summed E-state index contributed by atoms with van der Waals surface area (Å²) in [5.74, 6) is 0. The van der Waals surface area contributed by atoms with Crippen LogP contribution in [0.4, 0.5) is 5.69 Å². The second-order valence-electron chi connectivity index (χ2n) is 3.86. The molecule has 1 aliphatic heterocycles. The van der Waals surface area contributed by atoms with Gasteiger partial charge in [0.1, 0.15) is 0 Å². The smallest absolute Gasteiger partial charge is 0.0373 e. The van der Waals surface area contributed by atoms with E-state index in [-0.39, 0.29) is 0 Å². The van der Waals surface area contributed by atoms with Crippen molar-refractivity contribution in [1.82, 2.24) is 4.90 Å². The van der Waals surface area contributed by atoms with Gasteiger partial charge in [-0.15, -0.1) is 0 Å². The summed E-state index contributed by atoms with van der Waals surface area (Å²) in [4.78, 5) is 2.28. The molecule has 13 heavy (non-hydrogen) atoms. The Bertz CT molecular complexity index is 294. The van der Waals surface area contributed by atoms with E-state index in [9.17, 15) is 0 Å². The SMILES string of the molecule is CN(C)C1CNc2ccccc2C1. The third-order valence-corrected chi connectivity index (χ3v) is 2.73. The maximum Gasteiger partial charge on any atom is 0.0373 e. The van der Waals surface area contributed by atoms with Crippen LogP contribution in [0.3, 0.4) is 0 Å². The van der Waals surface area contributed by atoms with Gasteiger partial charge in [-0.2, -0.15) is 0 Å². The summed E-state index contributed by atoms with van der Waals surface area (Å²) in [6.45, 7) is 1.06. The van der Waals surface area contributed by atoms with Gasteiger partial charge >= 0.3 is 0 Å². The van der Waals surface area contributed by atoms with Crippen LogP contribution in [-0.4, -0.2) is 31.6 Å². The Morgan fingerprint density at radius 1 is 1.31 bits per heavy atom. The van der Waals surface area contributed by atoms with Crippen molar-refractivity contribution in [3.8, 4) is 0 Å². The molecule has 1 heterocycles. The fourth-order valence-electron chi connectivity index (χ4n) is 1.79. The lowest BCUT2D eigenvalue weighted by atomic mass is 9.99. The lowest BCUT2D eigenvalue weighted by molar-refractivity contribution is 0.299.